The van der Waals surface area contributed by atoms with Crippen molar-refractivity contribution in [3.63, 3.8) is 0 Å². The lowest BCUT2D eigenvalue weighted by molar-refractivity contribution is 0.147. The minimum atomic E-state index is -0.00121. The molecule has 2 aromatic rings. The van der Waals surface area contributed by atoms with Crippen LogP contribution in [-0.4, -0.2) is 40.7 Å². The normalized spacial score (nSPS) is 16.7. The highest BCUT2D eigenvalue weighted by atomic mass is 16.5. The molecule has 118 valence electrons. The third kappa shape index (κ3) is 4.01. The summed E-state index contributed by atoms with van der Waals surface area (Å²) in [4.78, 5) is 16.6. The number of imidazole rings is 1. The van der Waals surface area contributed by atoms with Gasteiger partial charge in [0.1, 0.15) is 12.4 Å². The minimum absolute atomic E-state index is 0.00121. The van der Waals surface area contributed by atoms with Crippen LogP contribution in [0.2, 0.25) is 0 Å². The molecule has 0 bridgehead atoms. The number of nitrogens with zero attached hydrogens (tertiary/aromatic N) is 2. The van der Waals surface area contributed by atoms with E-state index in [0.717, 1.165) is 51.4 Å². The number of likely N-dealkylation sites (tertiary alicyclic amines) is 1. The summed E-state index contributed by atoms with van der Waals surface area (Å²) in [5, 5.41) is 0. The predicted molar refractivity (Wildman–Crippen MR) is 86.2 cm³/mol. The third-order valence-electron chi connectivity index (χ3n) is 4.30. The summed E-state index contributed by atoms with van der Waals surface area (Å²) in [5.74, 6) is 1.53. The highest BCUT2D eigenvalue weighted by Crippen LogP contribution is 2.18. The van der Waals surface area contributed by atoms with Crippen molar-refractivity contribution in [3.8, 4) is 5.75 Å². The Kier molecular flexibility index (Phi) is 4.96. The van der Waals surface area contributed by atoms with Gasteiger partial charge in [-0.05, 0) is 44.0 Å². The van der Waals surface area contributed by atoms with Gasteiger partial charge in [-0.15, -0.1) is 0 Å². The molecule has 0 radical (unpaired) electrons. The van der Waals surface area contributed by atoms with Crippen LogP contribution in [0.25, 0.3) is 0 Å². The van der Waals surface area contributed by atoms with E-state index in [1.54, 1.807) is 10.8 Å². The quantitative estimate of drug-likeness (QED) is 0.887. The first-order valence-corrected chi connectivity index (χ1v) is 7.95. The first-order chi connectivity index (χ1) is 10.8. The fraction of sp³-hybridized carbons (Fsp3) is 0.471. The van der Waals surface area contributed by atoms with Gasteiger partial charge in [-0.2, -0.15) is 0 Å². The number of hydrogen-bond acceptors (Lipinski definition) is 3. The lowest BCUT2D eigenvalue weighted by Gasteiger charge is -2.31. The molecule has 0 amide bonds. The van der Waals surface area contributed by atoms with Crippen LogP contribution in [0.5, 0.6) is 5.75 Å². The Labute approximate surface area is 130 Å². The molecular formula is C17H23N3O2. The fourth-order valence-electron chi connectivity index (χ4n) is 2.97. The summed E-state index contributed by atoms with van der Waals surface area (Å²) in [6.45, 7) is 4.69. The van der Waals surface area contributed by atoms with Crippen LogP contribution in [-0.2, 0) is 6.54 Å². The number of H-pyrrole nitrogens is 1. The zero-order chi connectivity index (χ0) is 15.2. The largest absolute Gasteiger partial charge is 0.492 e. The van der Waals surface area contributed by atoms with Crippen molar-refractivity contribution in [2.24, 2.45) is 5.92 Å². The van der Waals surface area contributed by atoms with Gasteiger partial charge in [-0.25, -0.2) is 4.79 Å². The van der Waals surface area contributed by atoms with Gasteiger partial charge in [0.15, 0.2) is 0 Å². The van der Waals surface area contributed by atoms with Crippen molar-refractivity contribution in [1.29, 1.82) is 0 Å². The van der Waals surface area contributed by atoms with Crippen LogP contribution in [0.4, 0.5) is 0 Å². The van der Waals surface area contributed by atoms with Crippen molar-refractivity contribution in [1.82, 2.24) is 14.5 Å². The summed E-state index contributed by atoms with van der Waals surface area (Å²) in [5.41, 5.74) is -0.00121. The van der Waals surface area contributed by atoms with E-state index in [4.69, 9.17) is 4.74 Å². The van der Waals surface area contributed by atoms with E-state index in [9.17, 15) is 4.79 Å². The number of nitrogens with one attached hydrogen (secondary N) is 1. The van der Waals surface area contributed by atoms with E-state index in [-0.39, 0.29) is 5.69 Å². The third-order valence-corrected chi connectivity index (χ3v) is 4.30. The van der Waals surface area contributed by atoms with Crippen molar-refractivity contribution in [2.45, 2.75) is 19.4 Å². The van der Waals surface area contributed by atoms with Crippen LogP contribution < -0.4 is 10.4 Å². The predicted octanol–water partition coefficient (Wildman–Crippen LogP) is 1.97. The second-order valence-corrected chi connectivity index (χ2v) is 5.86. The summed E-state index contributed by atoms with van der Waals surface area (Å²) in [6.07, 6.45) is 5.83. The molecule has 5 heteroatoms. The van der Waals surface area contributed by atoms with Gasteiger partial charge in [0.2, 0.25) is 0 Å². The van der Waals surface area contributed by atoms with Gasteiger partial charge in [-0.3, -0.25) is 9.47 Å². The molecule has 0 saturated carbocycles. The number of piperidine rings is 1. The van der Waals surface area contributed by atoms with E-state index in [1.807, 2.05) is 36.5 Å². The number of rotatable bonds is 6. The number of aromatic amines is 1. The van der Waals surface area contributed by atoms with Crippen molar-refractivity contribution in [2.75, 3.05) is 26.2 Å². The molecule has 1 aliphatic heterocycles. The molecule has 22 heavy (non-hydrogen) atoms. The molecule has 0 unspecified atom stereocenters. The minimum Gasteiger partial charge on any atom is -0.492 e. The second-order valence-electron chi connectivity index (χ2n) is 5.86. The lowest BCUT2D eigenvalue weighted by atomic mass is 9.97. The molecule has 0 aliphatic carbocycles. The van der Waals surface area contributed by atoms with Crippen LogP contribution in [0.1, 0.15) is 12.8 Å². The summed E-state index contributed by atoms with van der Waals surface area (Å²) >= 11 is 0. The van der Waals surface area contributed by atoms with Crippen molar-refractivity contribution < 1.29 is 4.74 Å². The summed E-state index contributed by atoms with van der Waals surface area (Å²) in [7, 11) is 0. The lowest BCUT2D eigenvalue weighted by Crippen LogP contribution is -2.38. The van der Waals surface area contributed by atoms with Gasteiger partial charge < -0.3 is 9.72 Å². The van der Waals surface area contributed by atoms with Crippen LogP contribution >= 0.6 is 0 Å². The average molecular weight is 301 g/mol. The first kappa shape index (κ1) is 14.9. The smallest absolute Gasteiger partial charge is 0.325 e. The van der Waals surface area contributed by atoms with E-state index >= 15 is 0 Å². The molecule has 5 nitrogen and oxygen atoms in total. The summed E-state index contributed by atoms with van der Waals surface area (Å²) < 4.78 is 7.52. The van der Waals surface area contributed by atoms with Crippen LogP contribution in [0, 0.1) is 5.92 Å². The fourth-order valence-corrected chi connectivity index (χ4v) is 2.97. The van der Waals surface area contributed by atoms with E-state index < -0.39 is 0 Å². The first-order valence-electron chi connectivity index (χ1n) is 7.95. The number of benzene rings is 1. The maximum Gasteiger partial charge on any atom is 0.325 e. The van der Waals surface area contributed by atoms with Gasteiger partial charge in [0, 0.05) is 25.5 Å². The van der Waals surface area contributed by atoms with Gasteiger partial charge in [0.25, 0.3) is 0 Å². The highest BCUT2D eigenvalue weighted by Gasteiger charge is 2.19. The molecule has 1 N–H and O–H groups in total. The Hall–Kier alpha value is -2.01. The van der Waals surface area contributed by atoms with Gasteiger partial charge in [0.05, 0.1) is 0 Å². The Morgan fingerprint density at radius 2 is 1.95 bits per heavy atom. The standard InChI is InChI=1S/C17H23N3O2/c21-17-18-8-11-20(17)14-15-6-9-19(10-7-15)12-13-22-16-4-2-1-3-5-16/h1-5,8,11,15H,6-7,9-10,12-14H2,(H,18,21). The highest BCUT2D eigenvalue weighted by molar-refractivity contribution is 5.20. The van der Waals surface area contributed by atoms with Gasteiger partial charge >= 0.3 is 5.69 Å². The Balaban J connectivity index is 1.37. The van der Waals surface area contributed by atoms with Gasteiger partial charge in [-0.1, -0.05) is 18.2 Å². The topological polar surface area (TPSA) is 50.3 Å². The molecule has 1 saturated heterocycles. The van der Waals surface area contributed by atoms with E-state index in [2.05, 4.69) is 9.88 Å². The second kappa shape index (κ2) is 7.31. The monoisotopic (exact) mass is 301 g/mol. The molecule has 1 fully saturated rings. The molecule has 1 aromatic heterocycles. The Bertz CT molecular complexity index is 612. The SMILES string of the molecule is O=c1[nH]ccn1CC1CCN(CCOc2ccccc2)CC1. The zero-order valence-corrected chi connectivity index (χ0v) is 12.8. The Morgan fingerprint density at radius 3 is 2.64 bits per heavy atom. The van der Waals surface area contributed by atoms with Crippen LogP contribution in [0.3, 0.4) is 0 Å². The maximum atomic E-state index is 11.5. The molecular weight excluding hydrogens is 278 g/mol. The number of hydrogen-bond donors (Lipinski definition) is 1. The number of aromatic nitrogens is 2. The molecule has 1 aromatic carbocycles. The molecule has 1 aliphatic rings. The maximum absolute atomic E-state index is 11.5. The van der Waals surface area contributed by atoms with Crippen molar-refractivity contribution >= 4 is 0 Å². The molecule has 3 rings (SSSR count). The van der Waals surface area contributed by atoms with E-state index in [0.29, 0.717) is 5.92 Å². The number of ether oxygens (including phenoxy) is 1. The number of para-hydroxylation sites is 1. The molecule has 2 heterocycles. The van der Waals surface area contributed by atoms with Crippen LogP contribution in [0.15, 0.2) is 47.5 Å². The Morgan fingerprint density at radius 1 is 1.18 bits per heavy atom. The average Bonchev–Trinajstić information content (AvgIpc) is 2.95. The zero-order valence-electron chi connectivity index (χ0n) is 12.8. The molecule has 0 atom stereocenters. The summed E-state index contributed by atoms with van der Waals surface area (Å²) in [6, 6.07) is 9.95. The molecule has 0 spiro atoms. The van der Waals surface area contributed by atoms with Crippen molar-refractivity contribution in [3.05, 3.63) is 53.2 Å². The van der Waals surface area contributed by atoms with E-state index in [1.165, 1.54) is 0 Å².